The summed E-state index contributed by atoms with van der Waals surface area (Å²) in [5.74, 6) is 0.136. The number of nitrogens with one attached hydrogen (secondary N) is 3. The quantitative estimate of drug-likeness (QED) is 0.634. The first-order valence-corrected chi connectivity index (χ1v) is 8.68. The molecule has 1 amide bonds. The van der Waals surface area contributed by atoms with Crippen LogP contribution in [0, 0.1) is 13.8 Å². The molecule has 0 aliphatic heterocycles. The molecule has 0 fully saturated rings. The van der Waals surface area contributed by atoms with Crippen LogP contribution in [0.5, 0.6) is 0 Å². The smallest absolute Gasteiger partial charge is 0.275 e. The third kappa shape index (κ3) is 4.08. The maximum atomic E-state index is 12.5. The molecule has 3 N–H and O–H groups in total. The number of amides is 1. The Hall–Kier alpha value is -3.15. The van der Waals surface area contributed by atoms with E-state index in [-0.39, 0.29) is 11.6 Å². The van der Waals surface area contributed by atoms with E-state index >= 15 is 0 Å². The van der Waals surface area contributed by atoms with Crippen molar-refractivity contribution in [2.24, 2.45) is 0 Å². The minimum atomic E-state index is -0.273. The van der Waals surface area contributed by atoms with E-state index in [2.05, 4.69) is 52.0 Å². The van der Waals surface area contributed by atoms with Crippen molar-refractivity contribution in [3.63, 3.8) is 0 Å². The Labute approximate surface area is 153 Å². The van der Waals surface area contributed by atoms with Crippen LogP contribution >= 0.6 is 0 Å². The van der Waals surface area contributed by atoms with Gasteiger partial charge in [-0.1, -0.05) is 37.3 Å². The lowest BCUT2D eigenvalue weighted by molar-refractivity contribution is 0.0946. The molecule has 0 bridgehead atoms. The number of rotatable bonds is 6. The number of carbonyl (C=O) groups excluding carboxylic acids is 1. The third-order valence-electron chi connectivity index (χ3n) is 4.42. The summed E-state index contributed by atoms with van der Waals surface area (Å²) >= 11 is 0. The molecule has 26 heavy (non-hydrogen) atoms. The van der Waals surface area contributed by atoms with Crippen LogP contribution in [0.2, 0.25) is 0 Å². The average molecular weight is 349 g/mol. The van der Waals surface area contributed by atoms with Crippen molar-refractivity contribution in [1.82, 2.24) is 20.7 Å². The average Bonchev–Trinajstić information content (AvgIpc) is 3.11. The van der Waals surface area contributed by atoms with Gasteiger partial charge in [-0.3, -0.25) is 4.79 Å². The first-order valence-electron chi connectivity index (χ1n) is 8.68. The molecule has 3 aromatic rings. The van der Waals surface area contributed by atoms with Crippen LogP contribution in [0.3, 0.4) is 0 Å². The van der Waals surface area contributed by atoms with Gasteiger partial charge in [0.05, 0.1) is 0 Å². The molecule has 3 rings (SSSR count). The standard InChI is InChI=1S/C20H23N5O/c1-4-15-6-8-16(9-7-15)12-21-20(26)18-19(24-25-23-18)22-17-10-5-13(2)14(3)11-17/h5-11H,4,12H2,1-3H3,(H,21,26)(H2,22,23,24,25). The summed E-state index contributed by atoms with van der Waals surface area (Å²) in [5, 5.41) is 16.6. The molecule has 0 unspecified atom stereocenters. The van der Waals surface area contributed by atoms with Crippen LogP contribution in [-0.4, -0.2) is 21.3 Å². The Bertz CT molecular complexity index is 899. The summed E-state index contributed by atoms with van der Waals surface area (Å²) in [6, 6.07) is 14.2. The van der Waals surface area contributed by atoms with Gasteiger partial charge in [0.25, 0.3) is 5.91 Å². The van der Waals surface area contributed by atoms with Crippen molar-refractivity contribution >= 4 is 17.4 Å². The summed E-state index contributed by atoms with van der Waals surface area (Å²) in [6.07, 6.45) is 0.999. The van der Waals surface area contributed by atoms with E-state index in [1.807, 2.05) is 37.3 Å². The Morgan fingerprint density at radius 3 is 2.42 bits per heavy atom. The topological polar surface area (TPSA) is 82.7 Å². The predicted octanol–water partition coefficient (Wildman–Crippen LogP) is 3.66. The van der Waals surface area contributed by atoms with E-state index in [9.17, 15) is 4.79 Å². The second kappa shape index (κ2) is 7.82. The minimum Gasteiger partial charge on any atom is -0.346 e. The van der Waals surface area contributed by atoms with Gasteiger partial charge in [-0.25, -0.2) is 0 Å². The molecular weight excluding hydrogens is 326 g/mol. The van der Waals surface area contributed by atoms with E-state index in [1.165, 1.54) is 16.7 Å². The van der Waals surface area contributed by atoms with Gasteiger partial charge in [0, 0.05) is 12.2 Å². The molecule has 0 radical (unpaired) electrons. The number of benzene rings is 2. The zero-order valence-corrected chi connectivity index (χ0v) is 15.3. The molecule has 1 aromatic heterocycles. The fourth-order valence-corrected chi connectivity index (χ4v) is 2.59. The number of nitrogens with zero attached hydrogens (tertiary/aromatic N) is 2. The highest BCUT2D eigenvalue weighted by molar-refractivity contribution is 5.97. The van der Waals surface area contributed by atoms with Crippen LogP contribution in [-0.2, 0) is 13.0 Å². The lowest BCUT2D eigenvalue weighted by Crippen LogP contribution is -2.24. The highest BCUT2D eigenvalue weighted by Crippen LogP contribution is 2.19. The van der Waals surface area contributed by atoms with E-state index < -0.39 is 0 Å². The van der Waals surface area contributed by atoms with Crippen LogP contribution in [0.25, 0.3) is 0 Å². The first kappa shape index (κ1) is 17.7. The van der Waals surface area contributed by atoms with E-state index in [1.54, 1.807) is 0 Å². The highest BCUT2D eigenvalue weighted by Gasteiger charge is 2.16. The Balaban J connectivity index is 1.66. The maximum Gasteiger partial charge on any atom is 0.275 e. The minimum absolute atomic E-state index is 0.244. The van der Waals surface area contributed by atoms with Crippen molar-refractivity contribution in [2.45, 2.75) is 33.7 Å². The zero-order valence-electron chi connectivity index (χ0n) is 15.3. The van der Waals surface area contributed by atoms with Crippen molar-refractivity contribution in [3.05, 3.63) is 70.4 Å². The molecule has 1 heterocycles. The zero-order chi connectivity index (χ0) is 18.5. The van der Waals surface area contributed by atoms with Gasteiger partial charge in [-0.15, -0.1) is 10.2 Å². The van der Waals surface area contributed by atoms with Crippen molar-refractivity contribution in [3.8, 4) is 0 Å². The molecule has 2 aromatic carbocycles. The number of hydrogen-bond acceptors (Lipinski definition) is 4. The first-order chi connectivity index (χ1) is 12.6. The van der Waals surface area contributed by atoms with Gasteiger partial charge in [0.15, 0.2) is 11.5 Å². The van der Waals surface area contributed by atoms with Crippen molar-refractivity contribution < 1.29 is 4.79 Å². The van der Waals surface area contributed by atoms with E-state index in [0.29, 0.717) is 12.4 Å². The Morgan fingerprint density at radius 2 is 1.73 bits per heavy atom. The summed E-state index contributed by atoms with van der Waals surface area (Å²) in [5.41, 5.74) is 5.81. The lowest BCUT2D eigenvalue weighted by atomic mass is 10.1. The van der Waals surface area contributed by atoms with Crippen LogP contribution in [0.4, 0.5) is 11.5 Å². The predicted molar refractivity (Wildman–Crippen MR) is 103 cm³/mol. The number of anilines is 2. The van der Waals surface area contributed by atoms with Crippen LogP contribution < -0.4 is 10.6 Å². The molecule has 134 valence electrons. The number of hydrogen-bond donors (Lipinski definition) is 3. The summed E-state index contributed by atoms with van der Waals surface area (Å²) in [7, 11) is 0. The Morgan fingerprint density at radius 1 is 1.00 bits per heavy atom. The molecular formula is C20H23N5O. The second-order valence-electron chi connectivity index (χ2n) is 6.30. The second-order valence-corrected chi connectivity index (χ2v) is 6.30. The normalized spacial score (nSPS) is 10.6. The highest BCUT2D eigenvalue weighted by atomic mass is 16.2. The monoisotopic (exact) mass is 349 g/mol. The summed E-state index contributed by atoms with van der Waals surface area (Å²) in [6.45, 7) is 6.66. The molecule has 0 saturated heterocycles. The maximum absolute atomic E-state index is 12.5. The molecule has 6 nitrogen and oxygen atoms in total. The fraction of sp³-hybridized carbons (Fsp3) is 0.250. The lowest BCUT2D eigenvalue weighted by Gasteiger charge is -2.08. The third-order valence-corrected chi connectivity index (χ3v) is 4.42. The number of aromatic nitrogens is 3. The van der Waals surface area contributed by atoms with Gasteiger partial charge in [0.1, 0.15) is 0 Å². The summed E-state index contributed by atoms with van der Waals surface area (Å²) < 4.78 is 0. The number of aromatic amines is 1. The van der Waals surface area contributed by atoms with E-state index in [0.717, 1.165) is 17.7 Å². The largest absolute Gasteiger partial charge is 0.346 e. The van der Waals surface area contributed by atoms with Gasteiger partial charge in [-0.2, -0.15) is 5.21 Å². The number of aryl methyl sites for hydroxylation is 3. The van der Waals surface area contributed by atoms with Gasteiger partial charge in [0.2, 0.25) is 0 Å². The molecule has 0 aliphatic rings. The van der Waals surface area contributed by atoms with Crippen LogP contribution in [0.15, 0.2) is 42.5 Å². The van der Waals surface area contributed by atoms with Crippen molar-refractivity contribution in [2.75, 3.05) is 5.32 Å². The van der Waals surface area contributed by atoms with Crippen LogP contribution in [0.1, 0.15) is 39.7 Å². The van der Waals surface area contributed by atoms with E-state index in [4.69, 9.17) is 0 Å². The number of H-pyrrole nitrogens is 1. The van der Waals surface area contributed by atoms with Gasteiger partial charge in [-0.05, 0) is 54.7 Å². The molecule has 6 heteroatoms. The fourth-order valence-electron chi connectivity index (χ4n) is 2.59. The molecule has 0 spiro atoms. The SMILES string of the molecule is CCc1ccc(CNC(=O)c2n[nH]nc2Nc2ccc(C)c(C)c2)cc1. The Kier molecular flexibility index (Phi) is 5.31. The van der Waals surface area contributed by atoms with Crippen molar-refractivity contribution in [1.29, 1.82) is 0 Å². The van der Waals surface area contributed by atoms with Gasteiger partial charge >= 0.3 is 0 Å². The van der Waals surface area contributed by atoms with Gasteiger partial charge < -0.3 is 10.6 Å². The molecule has 0 aliphatic carbocycles. The number of carbonyl (C=O) groups is 1. The molecule has 0 atom stereocenters. The molecule has 0 saturated carbocycles. The summed E-state index contributed by atoms with van der Waals surface area (Å²) in [4.78, 5) is 12.5.